The van der Waals surface area contributed by atoms with Gasteiger partial charge in [0.1, 0.15) is 6.26 Å². The third kappa shape index (κ3) is 2.06. The molecular formula is C11H16N2O2. The van der Waals surface area contributed by atoms with Crippen LogP contribution < -0.4 is 5.32 Å². The van der Waals surface area contributed by atoms with Gasteiger partial charge in [0.05, 0.1) is 18.9 Å². The van der Waals surface area contributed by atoms with Gasteiger partial charge in [-0.1, -0.05) is 5.16 Å². The lowest BCUT2D eigenvalue weighted by Crippen LogP contribution is -2.41. The van der Waals surface area contributed by atoms with E-state index in [1.165, 1.54) is 12.8 Å². The molecule has 2 bridgehead atoms. The van der Waals surface area contributed by atoms with Gasteiger partial charge in [-0.2, -0.15) is 0 Å². The Kier molecular flexibility index (Phi) is 2.46. The van der Waals surface area contributed by atoms with Gasteiger partial charge in [0.25, 0.3) is 0 Å². The van der Waals surface area contributed by atoms with Crippen molar-refractivity contribution in [3.05, 3.63) is 18.0 Å². The summed E-state index contributed by atoms with van der Waals surface area (Å²) >= 11 is 0. The van der Waals surface area contributed by atoms with Gasteiger partial charge in [0, 0.05) is 17.6 Å². The van der Waals surface area contributed by atoms with E-state index >= 15 is 0 Å². The summed E-state index contributed by atoms with van der Waals surface area (Å²) in [4.78, 5) is 0. The molecule has 15 heavy (non-hydrogen) atoms. The van der Waals surface area contributed by atoms with Crippen molar-refractivity contribution < 1.29 is 9.26 Å². The second-order valence-corrected chi connectivity index (χ2v) is 4.57. The molecule has 0 aromatic carbocycles. The zero-order valence-corrected chi connectivity index (χ0v) is 8.69. The first kappa shape index (κ1) is 9.36. The lowest BCUT2D eigenvalue weighted by molar-refractivity contribution is 0.00899. The largest absolute Gasteiger partial charge is 0.373 e. The molecule has 2 saturated heterocycles. The Balaban J connectivity index is 1.52. The number of hydrogen-bond donors (Lipinski definition) is 1. The predicted molar refractivity (Wildman–Crippen MR) is 54.3 cm³/mol. The average molecular weight is 208 g/mol. The smallest absolute Gasteiger partial charge is 0.129 e. The number of aromatic nitrogens is 1. The Morgan fingerprint density at radius 1 is 1.40 bits per heavy atom. The summed E-state index contributed by atoms with van der Waals surface area (Å²) < 4.78 is 10.6. The van der Waals surface area contributed by atoms with Crippen molar-refractivity contribution in [2.75, 3.05) is 0 Å². The van der Waals surface area contributed by atoms with E-state index in [-0.39, 0.29) is 0 Å². The third-order valence-corrected chi connectivity index (χ3v) is 3.40. The van der Waals surface area contributed by atoms with E-state index < -0.39 is 0 Å². The molecule has 2 atom stereocenters. The van der Waals surface area contributed by atoms with Crippen LogP contribution in [0.25, 0.3) is 0 Å². The minimum atomic E-state index is 0.415. The number of nitrogens with one attached hydrogen (secondary N) is 1. The Labute approximate surface area is 89.0 Å². The molecule has 1 aromatic heterocycles. The van der Waals surface area contributed by atoms with Crippen molar-refractivity contribution in [2.45, 2.75) is 50.5 Å². The van der Waals surface area contributed by atoms with E-state index in [0.717, 1.165) is 18.4 Å². The van der Waals surface area contributed by atoms with E-state index in [4.69, 9.17) is 9.26 Å². The molecule has 2 aliphatic heterocycles. The normalized spacial score (nSPS) is 34.5. The first-order valence-electron chi connectivity index (χ1n) is 5.66. The number of nitrogens with zero attached hydrogens (tertiary/aromatic N) is 1. The van der Waals surface area contributed by atoms with E-state index in [0.29, 0.717) is 24.8 Å². The summed E-state index contributed by atoms with van der Waals surface area (Å²) in [6.45, 7) is 0.633. The Bertz CT molecular complexity index is 300. The molecule has 1 aromatic rings. The maximum Gasteiger partial charge on any atom is 0.129 e. The average Bonchev–Trinajstić information content (AvgIpc) is 2.86. The molecule has 1 N–H and O–H groups in total. The number of hydrogen-bond acceptors (Lipinski definition) is 4. The fourth-order valence-corrected chi connectivity index (χ4v) is 2.65. The van der Waals surface area contributed by atoms with Crippen molar-refractivity contribution in [3.63, 3.8) is 0 Å². The first-order valence-corrected chi connectivity index (χ1v) is 5.66. The van der Waals surface area contributed by atoms with Gasteiger partial charge in [-0.05, 0) is 25.7 Å². The molecular weight excluding hydrogens is 192 g/mol. The van der Waals surface area contributed by atoms with Crippen LogP contribution in [0.1, 0.15) is 31.2 Å². The summed E-state index contributed by atoms with van der Waals surface area (Å²) in [6, 6.07) is 1.38. The molecule has 2 aliphatic rings. The highest BCUT2D eigenvalue weighted by Crippen LogP contribution is 2.28. The molecule has 2 fully saturated rings. The number of rotatable bonds is 3. The molecule has 2 unspecified atom stereocenters. The van der Waals surface area contributed by atoms with Crippen LogP contribution in [0.5, 0.6) is 0 Å². The molecule has 0 saturated carbocycles. The van der Waals surface area contributed by atoms with E-state index in [9.17, 15) is 0 Å². The second-order valence-electron chi connectivity index (χ2n) is 4.57. The molecule has 82 valence electrons. The summed E-state index contributed by atoms with van der Waals surface area (Å²) in [5, 5.41) is 7.26. The Morgan fingerprint density at radius 2 is 2.20 bits per heavy atom. The fraction of sp³-hybridized carbons (Fsp3) is 0.727. The van der Waals surface area contributed by atoms with Gasteiger partial charge in [-0.15, -0.1) is 0 Å². The minimum absolute atomic E-state index is 0.415. The van der Waals surface area contributed by atoms with Crippen LogP contribution in [0.3, 0.4) is 0 Å². The zero-order valence-electron chi connectivity index (χ0n) is 8.69. The van der Waals surface area contributed by atoms with Crippen LogP contribution >= 0.6 is 0 Å². The number of ether oxygens (including phenoxy) is 1. The highest BCUT2D eigenvalue weighted by atomic mass is 16.5. The van der Waals surface area contributed by atoms with Crippen molar-refractivity contribution in [2.24, 2.45) is 0 Å². The Morgan fingerprint density at radius 3 is 2.87 bits per heavy atom. The van der Waals surface area contributed by atoms with Crippen LogP contribution in [0.15, 0.2) is 17.0 Å². The van der Waals surface area contributed by atoms with Gasteiger partial charge in [-0.3, -0.25) is 0 Å². The zero-order chi connectivity index (χ0) is 10.1. The molecule has 0 spiro atoms. The number of piperidine rings is 1. The summed E-state index contributed by atoms with van der Waals surface area (Å²) in [5.74, 6) is 0. The first-order chi connectivity index (χ1) is 7.40. The minimum Gasteiger partial charge on any atom is -0.373 e. The van der Waals surface area contributed by atoms with Gasteiger partial charge in [0.2, 0.25) is 0 Å². The lowest BCUT2D eigenvalue weighted by atomic mass is 10.0. The predicted octanol–water partition coefficient (Wildman–Crippen LogP) is 1.47. The standard InChI is InChI=1S/C11H16N2O2/c1-2-10-4-11(3-9(1)13-10)14-6-8-5-12-15-7-8/h5,7,9-11,13H,1-4,6H2. The van der Waals surface area contributed by atoms with Crippen LogP contribution in [0, 0.1) is 0 Å². The summed E-state index contributed by atoms with van der Waals surface area (Å²) in [5.41, 5.74) is 1.03. The maximum atomic E-state index is 5.87. The maximum absolute atomic E-state index is 5.87. The highest BCUT2D eigenvalue weighted by molar-refractivity contribution is 4.98. The molecule has 4 nitrogen and oxygen atoms in total. The second kappa shape index (κ2) is 3.94. The lowest BCUT2D eigenvalue weighted by Gasteiger charge is -2.28. The van der Waals surface area contributed by atoms with E-state index in [1.807, 2.05) is 0 Å². The molecule has 0 aliphatic carbocycles. The van der Waals surface area contributed by atoms with Crippen LogP contribution in [-0.4, -0.2) is 23.3 Å². The van der Waals surface area contributed by atoms with Crippen molar-refractivity contribution in [3.8, 4) is 0 Å². The van der Waals surface area contributed by atoms with Gasteiger partial charge in [0.15, 0.2) is 0 Å². The van der Waals surface area contributed by atoms with Crippen LogP contribution in [0.2, 0.25) is 0 Å². The quantitative estimate of drug-likeness (QED) is 0.817. The van der Waals surface area contributed by atoms with Gasteiger partial charge < -0.3 is 14.6 Å². The van der Waals surface area contributed by atoms with Crippen molar-refractivity contribution >= 4 is 0 Å². The van der Waals surface area contributed by atoms with Gasteiger partial charge in [-0.25, -0.2) is 0 Å². The number of fused-ring (bicyclic) bond motifs is 2. The summed E-state index contributed by atoms with van der Waals surface area (Å²) in [7, 11) is 0. The molecule has 0 amide bonds. The van der Waals surface area contributed by atoms with Crippen molar-refractivity contribution in [1.29, 1.82) is 0 Å². The van der Waals surface area contributed by atoms with Crippen molar-refractivity contribution in [1.82, 2.24) is 10.5 Å². The SMILES string of the molecule is c1nocc1COC1CC2CCC(C1)N2. The van der Waals surface area contributed by atoms with Gasteiger partial charge >= 0.3 is 0 Å². The molecule has 4 heteroatoms. The highest BCUT2D eigenvalue weighted by Gasteiger charge is 2.33. The van der Waals surface area contributed by atoms with E-state index in [2.05, 4.69) is 10.5 Å². The molecule has 3 rings (SSSR count). The Hall–Kier alpha value is -0.870. The van der Waals surface area contributed by atoms with E-state index in [1.54, 1.807) is 12.5 Å². The van der Waals surface area contributed by atoms with Crippen LogP contribution in [0.4, 0.5) is 0 Å². The summed E-state index contributed by atoms with van der Waals surface area (Å²) in [6.07, 6.45) is 8.73. The fourth-order valence-electron chi connectivity index (χ4n) is 2.65. The molecule has 3 heterocycles. The topological polar surface area (TPSA) is 47.3 Å². The third-order valence-electron chi connectivity index (χ3n) is 3.40. The van der Waals surface area contributed by atoms with Crippen LogP contribution in [-0.2, 0) is 11.3 Å². The monoisotopic (exact) mass is 208 g/mol. The molecule has 0 radical (unpaired) electrons.